The number of rotatable bonds is 0. The zero-order valence-corrected chi connectivity index (χ0v) is 8.30. The number of hydrogen-bond acceptors (Lipinski definition) is 2. The number of pyridine rings is 1. The summed E-state index contributed by atoms with van der Waals surface area (Å²) in [5.74, 6) is 0. The molecule has 0 saturated heterocycles. The van der Waals surface area contributed by atoms with Crippen LogP contribution in [0.15, 0.2) is 12.4 Å². The number of nitrogens with two attached hydrogens (primary N) is 1. The van der Waals surface area contributed by atoms with E-state index in [-0.39, 0.29) is 0 Å². The normalized spacial score (nSPS) is 19.5. The molecular formula is C11H16N2. The molecule has 0 amide bonds. The minimum Gasteiger partial charge on any atom is -0.397 e. The third-order valence-corrected chi connectivity index (χ3v) is 2.90. The summed E-state index contributed by atoms with van der Waals surface area (Å²) < 4.78 is 0. The smallest absolute Gasteiger partial charge is 0.0535 e. The second kappa shape index (κ2) is 2.72. The van der Waals surface area contributed by atoms with Crippen LogP contribution in [0.2, 0.25) is 0 Å². The molecule has 0 saturated carbocycles. The van der Waals surface area contributed by atoms with Crippen LogP contribution in [0.1, 0.15) is 31.4 Å². The van der Waals surface area contributed by atoms with Gasteiger partial charge in [0, 0.05) is 6.20 Å². The van der Waals surface area contributed by atoms with Gasteiger partial charge in [-0.3, -0.25) is 4.98 Å². The maximum Gasteiger partial charge on any atom is 0.0535 e. The molecule has 1 aromatic heterocycles. The molecule has 0 aromatic carbocycles. The topological polar surface area (TPSA) is 38.9 Å². The van der Waals surface area contributed by atoms with Crippen molar-refractivity contribution in [3.8, 4) is 0 Å². The summed E-state index contributed by atoms with van der Waals surface area (Å²) in [6, 6.07) is 0. The number of nitrogens with zero attached hydrogens (tertiary/aromatic N) is 1. The molecule has 70 valence electrons. The fraction of sp³-hybridized carbons (Fsp3) is 0.545. The Morgan fingerprint density at radius 1 is 1.38 bits per heavy atom. The van der Waals surface area contributed by atoms with E-state index in [1.165, 1.54) is 17.5 Å². The first kappa shape index (κ1) is 8.54. The van der Waals surface area contributed by atoms with E-state index in [1.807, 2.05) is 6.20 Å². The zero-order valence-electron chi connectivity index (χ0n) is 8.30. The van der Waals surface area contributed by atoms with Crippen LogP contribution >= 0.6 is 0 Å². The molecule has 2 N–H and O–H groups in total. The molecule has 1 aliphatic carbocycles. The molecule has 2 nitrogen and oxygen atoms in total. The predicted octanol–water partition coefficient (Wildman–Crippen LogP) is 2.18. The van der Waals surface area contributed by atoms with Gasteiger partial charge in [0.05, 0.1) is 11.9 Å². The molecular weight excluding hydrogens is 160 g/mol. The van der Waals surface area contributed by atoms with Crippen molar-refractivity contribution in [1.82, 2.24) is 4.98 Å². The molecule has 0 bridgehead atoms. The molecule has 0 radical (unpaired) electrons. The van der Waals surface area contributed by atoms with Gasteiger partial charge in [0.1, 0.15) is 0 Å². The molecule has 1 aliphatic rings. The standard InChI is InChI=1S/C11H16N2/c1-11(2)4-3-9-8(5-11)6-13-7-10(9)12/h6-7H,3-5,12H2,1-2H3. The summed E-state index contributed by atoms with van der Waals surface area (Å²) in [6.45, 7) is 4.61. The van der Waals surface area contributed by atoms with Gasteiger partial charge in [-0.15, -0.1) is 0 Å². The van der Waals surface area contributed by atoms with Crippen molar-refractivity contribution in [2.45, 2.75) is 33.1 Å². The lowest BCUT2D eigenvalue weighted by molar-refractivity contribution is 0.315. The van der Waals surface area contributed by atoms with Crippen LogP contribution in [0.3, 0.4) is 0 Å². The van der Waals surface area contributed by atoms with Crippen molar-refractivity contribution in [2.24, 2.45) is 5.41 Å². The Balaban J connectivity index is 2.42. The van der Waals surface area contributed by atoms with Crippen molar-refractivity contribution in [1.29, 1.82) is 0 Å². The summed E-state index contributed by atoms with van der Waals surface area (Å²) in [5, 5.41) is 0. The average Bonchev–Trinajstić information content (AvgIpc) is 2.02. The van der Waals surface area contributed by atoms with Crippen molar-refractivity contribution in [2.75, 3.05) is 5.73 Å². The summed E-state index contributed by atoms with van der Waals surface area (Å²) in [5.41, 5.74) is 9.83. The number of aromatic nitrogens is 1. The van der Waals surface area contributed by atoms with Crippen LogP contribution in [0.25, 0.3) is 0 Å². The van der Waals surface area contributed by atoms with Crippen molar-refractivity contribution in [3.05, 3.63) is 23.5 Å². The molecule has 1 aromatic rings. The fourth-order valence-electron chi connectivity index (χ4n) is 2.07. The number of fused-ring (bicyclic) bond motifs is 1. The Hall–Kier alpha value is -1.05. The molecule has 2 rings (SSSR count). The van der Waals surface area contributed by atoms with Crippen molar-refractivity contribution in [3.63, 3.8) is 0 Å². The summed E-state index contributed by atoms with van der Waals surface area (Å²) in [6.07, 6.45) is 7.18. The van der Waals surface area contributed by atoms with Gasteiger partial charge in [-0.05, 0) is 35.8 Å². The highest BCUT2D eigenvalue weighted by Crippen LogP contribution is 2.36. The second-order valence-electron chi connectivity index (χ2n) is 4.71. The predicted molar refractivity (Wildman–Crippen MR) is 54.5 cm³/mol. The maximum absolute atomic E-state index is 5.87. The number of anilines is 1. The van der Waals surface area contributed by atoms with E-state index in [2.05, 4.69) is 18.8 Å². The van der Waals surface area contributed by atoms with Crippen LogP contribution in [-0.2, 0) is 12.8 Å². The van der Waals surface area contributed by atoms with Gasteiger partial charge in [0.15, 0.2) is 0 Å². The molecule has 0 unspecified atom stereocenters. The quantitative estimate of drug-likeness (QED) is 0.658. The van der Waals surface area contributed by atoms with E-state index >= 15 is 0 Å². The highest BCUT2D eigenvalue weighted by molar-refractivity contribution is 5.49. The van der Waals surface area contributed by atoms with Gasteiger partial charge in [-0.1, -0.05) is 13.8 Å². The van der Waals surface area contributed by atoms with E-state index in [4.69, 9.17) is 5.73 Å². The van der Waals surface area contributed by atoms with Gasteiger partial charge in [-0.2, -0.15) is 0 Å². The lowest BCUT2D eigenvalue weighted by Gasteiger charge is -2.31. The van der Waals surface area contributed by atoms with Crippen molar-refractivity contribution < 1.29 is 0 Å². The van der Waals surface area contributed by atoms with Gasteiger partial charge in [-0.25, -0.2) is 0 Å². The maximum atomic E-state index is 5.87. The molecule has 1 heterocycles. The van der Waals surface area contributed by atoms with Gasteiger partial charge < -0.3 is 5.73 Å². The molecule has 0 aliphatic heterocycles. The summed E-state index contributed by atoms with van der Waals surface area (Å²) in [7, 11) is 0. The van der Waals surface area contributed by atoms with E-state index in [1.54, 1.807) is 6.20 Å². The highest BCUT2D eigenvalue weighted by atomic mass is 14.7. The third kappa shape index (κ3) is 1.53. The van der Waals surface area contributed by atoms with E-state index in [0.29, 0.717) is 5.41 Å². The van der Waals surface area contributed by atoms with Crippen LogP contribution in [0.5, 0.6) is 0 Å². The lowest BCUT2D eigenvalue weighted by atomic mass is 9.75. The Morgan fingerprint density at radius 2 is 2.15 bits per heavy atom. The molecule has 0 fully saturated rings. The summed E-state index contributed by atoms with van der Waals surface area (Å²) in [4.78, 5) is 4.14. The number of nitrogen functional groups attached to an aromatic ring is 1. The number of hydrogen-bond donors (Lipinski definition) is 1. The van der Waals surface area contributed by atoms with Crippen molar-refractivity contribution >= 4 is 5.69 Å². The second-order valence-corrected chi connectivity index (χ2v) is 4.71. The Bertz CT molecular complexity index is 329. The van der Waals surface area contributed by atoms with E-state index in [0.717, 1.165) is 18.5 Å². The van der Waals surface area contributed by atoms with E-state index in [9.17, 15) is 0 Å². The minimum atomic E-state index is 0.419. The Labute approximate surface area is 79.2 Å². The largest absolute Gasteiger partial charge is 0.397 e. The van der Waals surface area contributed by atoms with Crippen LogP contribution < -0.4 is 5.73 Å². The first-order valence-corrected chi connectivity index (χ1v) is 4.80. The first-order valence-electron chi connectivity index (χ1n) is 4.80. The molecule has 2 heteroatoms. The monoisotopic (exact) mass is 176 g/mol. The minimum absolute atomic E-state index is 0.419. The highest BCUT2D eigenvalue weighted by Gasteiger charge is 2.26. The molecule has 0 atom stereocenters. The zero-order chi connectivity index (χ0) is 9.47. The van der Waals surface area contributed by atoms with Crippen LogP contribution in [0.4, 0.5) is 5.69 Å². The van der Waals surface area contributed by atoms with Gasteiger partial charge in [0.2, 0.25) is 0 Å². The molecule has 13 heavy (non-hydrogen) atoms. The Morgan fingerprint density at radius 3 is 2.92 bits per heavy atom. The Kier molecular flexibility index (Phi) is 1.79. The summed E-state index contributed by atoms with van der Waals surface area (Å²) >= 11 is 0. The fourth-order valence-corrected chi connectivity index (χ4v) is 2.07. The van der Waals surface area contributed by atoms with Crippen LogP contribution in [0, 0.1) is 5.41 Å². The SMILES string of the molecule is CC1(C)CCc2c(N)cncc2C1. The lowest BCUT2D eigenvalue weighted by Crippen LogP contribution is -2.23. The van der Waals surface area contributed by atoms with Gasteiger partial charge >= 0.3 is 0 Å². The van der Waals surface area contributed by atoms with Crippen LogP contribution in [-0.4, -0.2) is 4.98 Å². The van der Waals surface area contributed by atoms with E-state index < -0.39 is 0 Å². The molecule has 0 spiro atoms. The average molecular weight is 176 g/mol. The first-order chi connectivity index (χ1) is 6.08. The third-order valence-electron chi connectivity index (χ3n) is 2.90. The van der Waals surface area contributed by atoms with Gasteiger partial charge in [0.25, 0.3) is 0 Å².